The fourth-order valence-electron chi connectivity index (χ4n) is 3.84. The second kappa shape index (κ2) is 10.6. The summed E-state index contributed by atoms with van der Waals surface area (Å²) in [7, 11) is 1.46. The number of hydrogen-bond donors (Lipinski definition) is 1. The van der Waals surface area contributed by atoms with Gasteiger partial charge in [0, 0.05) is 17.0 Å². The maximum atomic E-state index is 13.6. The summed E-state index contributed by atoms with van der Waals surface area (Å²) in [5.41, 5.74) is 1.77. The van der Waals surface area contributed by atoms with Crippen LogP contribution in [-0.2, 0) is 16.0 Å². The van der Waals surface area contributed by atoms with Crippen LogP contribution in [0.15, 0.2) is 66.2 Å². The van der Waals surface area contributed by atoms with Crippen molar-refractivity contribution >= 4 is 41.2 Å². The number of halogens is 2. The molecular weight excluding hydrogens is 487 g/mol. The zero-order valence-corrected chi connectivity index (χ0v) is 20.3. The number of benzene rings is 3. The van der Waals surface area contributed by atoms with Gasteiger partial charge in [0.05, 0.1) is 19.4 Å². The summed E-state index contributed by atoms with van der Waals surface area (Å²) >= 11 is 6.52. The van der Waals surface area contributed by atoms with Gasteiger partial charge in [-0.05, 0) is 72.7 Å². The van der Waals surface area contributed by atoms with Crippen molar-refractivity contribution in [3.63, 3.8) is 0 Å². The molecule has 0 radical (unpaired) electrons. The van der Waals surface area contributed by atoms with Crippen LogP contribution < -0.4 is 19.7 Å². The zero-order chi connectivity index (χ0) is 25.8. The Morgan fingerprint density at radius 1 is 1.06 bits per heavy atom. The summed E-state index contributed by atoms with van der Waals surface area (Å²) in [6.45, 7) is 2.31. The third-order valence-corrected chi connectivity index (χ3v) is 5.82. The Bertz CT molecular complexity index is 1370. The number of anilines is 1. The van der Waals surface area contributed by atoms with E-state index in [-0.39, 0.29) is 17.1 Å². The average Bonchev–Trinajstić information content (AvgIpc) is 2.84. The number of barbiturate groups is 1. The number of nitrogens with one attached hydrogen (secondary N) is 1. The number of carbonyl (C=O) groups is 3. The van der Waals surface area contributed by atoms with Gasteiger partial charge in [0.1, 0.15) is 22.9 Å². The molecule has 9 heteroatoms. The van der Waals surface area contributed by atoms with Crippen molar-refractivity contribution in [2.24, 2.45) is 0 Å². The number of carbonyl (C=O) groups excluding carboxylic acids is 3. The van der Waals surface area contributed by atoms with Gasteiger partial charge >= 0.3 is 6.03 Å². The SMILES string of the molecule is CCOc1ccc(N2C(=O)NC(=O)/C(=C\c3cc(Cl)c(Cc4cccc(F)c4)c(OC)c3)C2=O)cc1. The fraction of sp³-hybridized carbons (Fsp3) is 0.148. The Hall–Kier alpha value is -4.17. The summed E-state index contributed by atoms with van der Waals surface area (Å²) in [6.07, 6.45) is 1.65. The Morgan fingerprint density at radius 3 is 2.47 bits per heavy atom. The van der Waals surface area contributed by atoms with E-state index in [1.807, 2.05) is 6.92 Å². The standard InChI is InChI=1S/C27H22ClFN2O5/c1-3-36-20-9-7-19(8-10-20)31-26(33)22(25(32)30-27(31)34)13-17-14-23(28)21(24(15-17)35-2)12-16-5-4-6-18(29)11-16/h4-11,13-15H,3,12H2,1-2H3,(H,30,32,34)/b22-13+. The largest absolute Gasteiger partial charge is 0.496 e. The van der Waals surface area contributed by atoms with Gasteiger partial charge in [0.15, 0.2) is 0 Å². The first-order valence-electron chi connectivity index (χ1n) is 11.1. The quantitative estimate of drug-likeness (QED) is 0.353. The molecule has 0 atom stereocenters. The Kier molecular flexibility index (Phi) is 7.36. The molecule has 1 N–H and O–H groups in total. The van der Waals surface area contributed by atoms with Crippen molar-refractivity contribution in [1.29, 1.82) is 0 Å². The predicted molar refractivity (Wildman–Crippen MR) is 134 cm³/mol. The molecule has 1 aliphatic rings. The van der Waals surface area contributed by atoms with E-state index in [4.69, 9.17) is 21.1 Å². The summed E-state index contributed by atoms with van der Waals surface area (Å²) in [6, 6.07) is 14.8. The number of amides is 4. The Morgan fingerprint density at radius 2 is 1.81 bits per heavy atom. The third-order valence-electron chi connectivity index (χ3n) is 5.49. The van der Waals surface area contributed by atoms with Crippen LogP contribution in [0.25, 0.3) is 6.08 Å². The van der Waals surface area contributed by atoms with Crippen LogP contribution in [0.5, 0.6) is 11.5 Å². The molecule has 1 heterocycles. The molecule has 0 bridgehead atoms. The smallest absolute Gasteiger partial charge is 0.335 e. The van der Waals surface area contributed by atoms with Crippen LogP contribution in [0.4, 0.5) is 14.9 Å². The Labute approximate surface area is 212 Å². The molecule has 4 rings (SSSR count). The van der Waals surface area contributed by atoms with Gasteiger partial charge in [-0.15, -0.1) is 0 Å². The van der Waals surface area contributed by atoms with Gasteiger partial charge < -0.3 is 9.47 Å². The minimum Gasteiger partial charge on any atom is -0.496 e. The number of urea groups is 1. The maximum absolute atomic E-state index is 13.6. The fourth-order valence-corrected chi connectivity index (χ4v) is 4.12. The molecule has 4 amide bonds. The van der Waals surface area contributed by atoms with Crippen molar-refractivity contribution in [3.05, 3.63) is 93.8 Å². The molecule has 3 aromatic carbocycles. The second-order valence-electron chi connectivity index (χ2n) is 7.88. The van der Waals surface area contributed by atoms with E-state index in [1.54, 1.807) is 48.5 Å². The summed E-state index contributed by atoms with van der Waals surface area (Å²) in [4.78, 5) is 39.1. The lowest BCUT2D eigenvalue weighted by atomic mass is 10.00. The lowest BCUT2D eigenvalue weighted by Gasteiger charge is -2.26. The number of nitrogens with zero attached hydrogens (tertiary/aromatic N) is 1. The first-order chi connectivity index (χ1) is 17.3. The van der Waals surface area contributed by atoms with Crippen LogP contribution >= 0.6 is 11.6 Å². The molecule has 3 aromatic rings. The average molecular weight is 509 g/mol. The van der Waals surface area contributed by atoms with Crippen LogP contribution in [0, 0.1) is 5.82 Å². The van der Waals surface area contributed by atoms with Gasteiger partial charge in [-0.25, -0.2) is 14.1 Å². The minimum absolute atomic E-state index is 0.250. The molecule has 0 aromatic heterocycles. The van der Waals surface area contributed by atoms with Crippen molar-refractivity contribution in [1.82, 2.24) is 5.32 Å². The molecule has 0 saturated carbocycles. The van der Waals surface area contributed by atoms with Gasteiger partial charge in [0.2, 0.25) is 0 Å². The number of imide groups is 2. The monoisotopic (exact) mass is 508 g/mol. The Balaban J connectivity index is 1.67. The topological polar surface area (TPSA) is 84.9 Å². The number of ether oxygens (including phenoxy) is 2. The van der Waals surface area contributed by atoms with Gasteiger partial charge in [0.25, 0.3) is 11.8 Å². The summed E-state index contributed by atoms with van der Waals surface area (Å²) < 4.78 is 24.5. The van der Waals surface area contributed by atoms with E-state index in [0.717, 1.165) is 4.90 Å². The highest BCUT2D eigenvalue weighted by Gasteiger charge is 2.36. The molecule has 0 unspecified atom stereocenters. The number of rotatable bonds is 7. The molecule has 1 aliphatic heterocycles. The summed E-state index contributed by atoms with van der Waals surface area (Å²) in [5, 5.41) is 2.50. The van der Waals surface area contributed by atoms with E-state index in [2.05, 4.69) is 5.32 Å². The predicted octanol–water partition coefficient (Wildman–Crippen LogP) is 5.14. The highest BCUT2D eigenvalue weighted by molar-refractivity contribution is 6.39. The van der Waals surface area contributed by atoms with Gasteiger partial charge in [-0.1, -0.05) is 23.7 Å². The molecular formula is C27H22ClFN2O5. The van der Waals surface area contributed by atoms with Crippen molar-refractivity contribution in [2.45, 2.75) is 13.3 Å². The zero-order valence-electron chi connectivity index (χ0n) is 19.5. The molecule has 0 aliphatic carbocycles. The number of methoxy groups -OCH3 is 1. The van der Waals surface area contributed by atoms with Crippen molar-refractivity contribution in [3.8, 4) is 11.5 Å². The van der Waals surface area contributed by atoms with Crippen LogP contribution in [0.2, 0.25) is 5.02 Å². The van der Waals surface area contributed by atoms with Crippen LogP contribution in [-0.4, -0.2) is 31.6 Å². The minimum atomic E-state index is -0.854. The third kappa shape index (κ3) is 5.23. The molecule has 36 heavy (non-hydrogen) atoms. The van der Waals surface area contributed by atoms with Crippen molar-refractivity contribution < 1.29 is 28.2 Å². The molecule has 1 fully saturated rings. The van der Waals surface area contributed by atoms with E-state index >= 15 is 0 Å². The maximum Gasteiger partial charge on any atom is 0.335 e. The summed E-state index contributed by atoms with van der Waals surface area (Å²) in [5.74, 6) is -0.991. The molecule has 184 valence electrons. The molecule has 1 saturated heterocycles. The molecule has 0 spiro atoms. The highest BCUT2D eigenvalue weighted by Crippen LogP contribution is 2.32. The van der Waals surface area contributed by atoms with E-state index in [9.17, 15) is 18.8 Å². The van der Waals surface area contributed by atoms with Gasteiger partial charge in [-0.3, -0.25) is 14.9 Å². The number of hydrogen-bond acceptors (Lipinski definition) is 5. The highest BCUT2D eigenvalue weighted by atomic mass is 35.5. The first-order valence-corrected chi connectivity index (χ1v) is 11.4. The van der Waals surface area contributed by atoms with Gasteiger partial charge in [-0.2, -0.15) is 0 Å². The van der Waals surface area contributed by atoms with E-state index < -0.39 is 17.8 Å². The lowest BCUT2D eigenvalue weighted by molar-refractivity contribution is -0.122. The van der Waals surface area contributed by atoms with E-state index in [0.29, 0.717) is 46.2 Å². The second-order valence-corrected chi connectivity index (χ2v) is 8.28. The van der Waals surface area contributed by atoms with Crippen molar-refractivity contribution in [2.75, 3.05) is 18.6 Å². The van der Waals surface area contributed by atoms with E-state index in [1.165, 1.54) is 25.3 Å². The lowest BCUT2D eigenvalue weighted by Crippen LogP contribution is -2.54. The van der Waals surface area contributed by atoms with Crippen LogP contribution in [0.3, 0.4) is 0 Å². The molecule has 7 nitrogen and oxygen atoms in total. The normalized spacial score (nSPS) is 14.7. The van der Waals surface area contributed by atoms with Crippen LogP contribution in [0.1, 0.15) is 23.6 Å². The first kappa shape index (κ1) is 24.9.